The highest BCUT2D eigenvalue weighted by atomic mass is 32.1. The number of aryl methyl sites for hydroxylation is 2. The van der Waals surface area contributed by atoms with Gasteiger partial charge in [0.2, 0.25) is 5.88 Å². The van der Waals surface area contributed by atoms with Crippen LogP contribution < -0.4 is 0 Å². The minimum Gasteiger partial charge on any atom is -0.493 e. The third kappa shape index (κ3) is 3.99. The molecule has 6 nitrogen and oxygen atoms in total. The summed E-state index contributed by atoms with van der Waals surface area (Å²) < 4.78 is 1.83. The first-order valence-electron chi connectivity index (χ1n) is 8.61. The number of benzene rings is 1. The van der Waals surface area contributed by atoms with Crippen LogP contribution in [0, 0.1) is 12.8 Å². The van der Waals surface area contributed by atoms with E-state index in [9.17, 15) is 9.90 Å². The van der Waals surface area contributed by atoms with Crippen molar-refractivity contribution in [1.82, 2.24) is 9.55 Å². The summed E-state index contributed by atoms with van der Waals surface area (Å²) in [6.45, 7) is 6.85. The van der Waals surface area contributed by atoms with E-state index in [1.165, 1.54) is 11.3 Å². The lowest BCUT2D eigenvalue weighted by Gasteiger charge is -2.08. The molecule has 0 unspecified atom stereocenters. The molecular formula is C19H22N4O2S. The van der Waals surface area contributed by atoms with Gasteiger partial charge in [-0.05, 0) is 25.3 Å². The molecule has 1 N–H and O–H groups in total. The number of carbonyl (C=O) groups is 1. The van der Waals surface area contributed by atoms with E-state index in [-0.39, 0.29) is 18.2 Å². The minimum atomic E-state index is -0.377. The van der Waals surface area contributed by atoms with Crippen molar-refractivity contribution in [2.24, 2.45) is 16.1 Å². The van der Waals surface area contributed by atoms with Crippen molar-refractivity contribution < 1.29 is 9.90 Å². The Hall–Kier alpha value is -2.54. The second-order valence-corrected chi connectivity index (χ2v) is 7.62. The predicted octanol–water partition coefficient (Wildman–Crippen LogP) is 5.01. The molecule has 0 aliphatic carbocycles. The normalized spacial score (nSPS) is 11.8. The number of para-hydroxylation sites is 1. The van der Waals surface area contributed by atoms with Gasteiger partial charge in [0.25, 0.3) is 5.91 Å². The van der Waals surface area contributed by atoms with Gasteiger partial charge in [-0.1, -0.05) is 32.0 Å². The average Bonchev–Trinajstić information content (AvgIpc) is 3.12. The van der Waals surface area contributed by atoms with E-state index in [1.807, 2.05) is 41.1 Å². The SMILES string of the molecule is Cc1csc(CC(=O)N=Nc2c(O)n(CCC(C)C)c3ccccc23)n1. The molecule has 0 aliphatic rings. The molecule has 0 saturated carbocycles. The summed E-state index contributed by atoms with van der Waals surface area (Å²) in [5.74, 6) is 0.190. The Labute approximate surface area is 156 Å². The van der Waals surface area contributed by atoms with Crippen molar-refractivity contribution >= 4 is 33.8 Å². The van der Waals surface area contributed by atoms with Gasteiger partial charge in [0.15, 0.2) is 5.69 Å². The Morgan fingerprint density at radius 1 is 1.35 bits per heavy atom. The molecule has 2 heterocycles. The zero-order chi connectivity index (χ0) is 18.7. The maximum Gasteiger partial charge on any atom is 0.271 e. The fourth-order valence-corrected chi connectivity index (χ4v) is 3.50. The number of hydrogen-bond donors (Lipinski definition) is 1. The number of hydrogen-bond acceptors (Lipinski definition) is 5. The summed E-state index contributed by atoms with van der Waals surface area (Å²) >= 11 is 1.43. The molecule has 0 fully saturated rings. The standard InChI is InChI=1S/C19H22N4O2S/c1-12(2)8-9-23-15-7-5-4-6-14(15)18(19(23)25)22-21-16(24)10-17-20-13(3)11-26-17/h4-7,11-12,25H,8-10H2,1-3H3. The third-order valence-electron chi connectivity index (χ3n) is 4.08. The number of carbonyl (C=O) groups excluding carboxylic acids is 1. The second-order valence-electron chi connectivity index (χ2n) is 6.68. The maximum atomic E-state index is 12.1. The van der Waals surface area contributed by atoms with E-state index in [1.54, 1.807) is 0 Å². The average molecular weight is 370 g/mol. The van der Waals surface area contributed by atoms with Crippen LogP contribution in [0.15, 0.2) is 39.9 Å². The van der Waals surface area contributed by atoms with Crippen molar-refractivity contribution in [1.29, 1.82) is 0 Å². The van der Waals surface area contributed by atoms with Crippen LogP contribution in [0.2, 0.25) is 0 Å². The lowest BCUT2D eigenvalue weighted by Crippen LogP contribution is -2.00. The van der Waals surface area contributed by atoms with Crippen LogP contribution >= 0.6 is 11.3 Å². The van der Waals surface area contributed by atoms with Gasteiger partial charge in [-0.2, -0.15) is 0 Å². The highest BCUT2D eigenvalue weighted by Crippen LogP contribution is 2.39. The van der Waals surface area contributed by atoms with Crippen LogP contribution in [0.3, 0.4) is 0 Å². The Morgan fingerprint density at radius 3 is 2.81 bits per heavy atom. The summed E-state index contributed by atoms with van der Waals surface area (Å²) in [7, 11) is 0. The molecule has 1 amide bonds. The van der Waals surface area contributed by atoms with Crippen molar-refractivity contribution in [2.75, 3.05) is 0 Å². The summed E-state index contributed by atoms with van der Waals surface area (Å²) in [6.07, 6.45) is 1.06. The molecule has 0 aliphatic heterocycles. The Bertz CT molecular complexity index is 956. The number of amides is 1. The first kappa shape index (κ1) is 18.3. The zero-order valence-corrected chi connectivity index (χ0v) is 16.0. The molecule has 0 radical (unpaired) electrons. The molecule has 26 heavy (non-hydrogen) atoms. The Morgan fingerprint density at radius 2 is 2.12 bits per heavy atom. The number of azo groups is 1. The highest BCUT2D eigenvalue weighted by molar-refractivity contribution is 7.09. The van der Waals surface area contributed by atoms with Crippen LogP contribution in [0.5, 0.6) is 5.88 Å². The van der Waals surface area contributed by atoms with Crippen LogP contribution in [-0.4, -0.2) is 20.6 Å². The predicted molar refractivity (Wildman–Crippen MR) is 103 cm³/mol. The Balaban J connectivity index is 1.87. The van der Waals surface area contributed by atoms with Gasteiger partial charge in [-0.3, -0.25) is 4.79 Å². The van der Waals surface area contributed by atoms with Gasteiger partial charge < -0.3 is 9.67 Å². The number of nitrogens with zero attached hydrogens (tertiary/aromatic N) is 4. The largest absolute Gasteiger partial charge is 0.493 e. The molecule has 136 valence electrons. The minimum absolute atomic E-state index is 0.0495. The van der Waals surface area contributed by atoms with Crippen LogP contribution in [-0.2, 0) is 17.8 Å². The monoisotopic (exact) mass is 370 g/mol. The summed E-state index contributed by atoms with van der Waals surface area (Å²) in [4.78, 5) is 16.3. The second kappa shape index (κ2) is 7.78. The van der Waals surface area contributed by atoms with E-state index in [0.29, 0.717) is 18.2 Å². The van der Waals surface area contributed by atoms with Crippen molar-refractivity contribution in [2.45, 2.75) is 40.2 Å². The Kier molecular flexibility index (Phi) is 5.46. The van der Waals surface area contributed by atoms with E-state index < -0.39 is 0 Å². The van der Waals surface area contributed by atoms with Gasteiger partial charge in [0.1, 0.15) is 5.01 Å². The van der Waals surface area contributed by atoms with Gasteiger partial charge in [0, 0.05) is 23.0 Å². The van der Waals surface area contributed by atoms with E-state index >= 15 is 0 Å². The lowest BCUT2D eigenvalue weighted by atomic mass is 10.1. The number of fused-ring (bicyclic) bond motifs is 1. The van der Waals surface area contributed by atoms with Crippen molar-refractivity contribution in [3.05, 3.63) is 40.3 Å². The van der Waals surface area contributed by atoms with Gasteiger partial charge in [-0.25, -0.2) is 4.98 Å². The summed E-state index contributed by atoms with van der Waals surface area (Å²) in [6, 6.07) is 7.62. The number of rotatable bonds is 6. The molecule has 0 atom stereocenters. The summed E-state index contributed by atoms with van der Waals surface area (Å²) in [5.41, 5.74) is 2.12. The van der Waals surface area contributed by atoms with E-state index in [2.05, 4.69) is 29.1 Å². The van der Waals surface area contributed by atoms with E-state index in [0.717, 1.165) is 28.0 Å². The number of thiazole rings is 1. The fraction of sp³-hybridized carbons (Fsp3) is 0.368. The maximum absolute atomic E-state index is 12.1. The van der Waals surface area contributed by atoms with Crippen molar-refractivity contribution in [3.63, 3.8) is 0 Å². The van der Waals surface area contributed by atoms with Crippen LogP contribution in [0.4, 0.5) is 5.69 Å². The van der Waals surface area contributed by atoms with Gasteiger partial charge in [0.05, 0.1) is 11.9 Å². The first-order chi connectivity index (χ1) is 12.5. The molecule has 0 bridgehead atoms. The molecule has 7 heteroatoms. The van der Waals surface area contributed by atoms with Gasteiger partial charge in [-0.15, -0.1) is 21.6 Å². The van der Waals surface area contributed by atoms with Gasteiger partial charge >= 0.3 is 0 Å². The quantitative estimate of drug-likeness (QED) is 0.619. The number of aromatic hydroxyl groups is 1. The molecule has 2 aromatic heterocycles. The molecular weight excluding hydrogens is 348 g/mol. The molecule has 0 saturated heterocycles. The zero-order valence-electron chi connectivity index (χ0n) is 15.1. The smallest absolute Gasteiger partial charge is 0.271 e. The van der Waals surface area contributed by atoms with Crippen LogP contribution in [0.25, 0.3) is 10.9 Å². The van der Waals surface area contributed by atoms with Crippen LogP contribution in [0.1, 0.15) is 31.0 Å². The topological polar surface area (TPSA) is 79.8 Å². The lowest BCUT2D eigenvalue weighted by molar-refractivity contribution is -0.117. The van der Waals surface area contributed by atoms with Crippen molar-refractivity contribution in [3.8, 4) is 5.88 Å². The highest BCUT2D eigenvalue weighted by Gasteiger charge is 2.17. The number of aromatic nitrogens is 2. The molecule has 0 spiro atoms. The first-order valence-corrected chi connectivity index (χ1v) is 9.49. The third-order valence-corrected chi connectivity index (χ3v) is 5.04. The fourth-order valence-electron chi connectivity index (χ4n) is 2.74. The molecule has 1 aromatic carbocycles. The summed E-state index contributed by atoms with van der Waals surface area (Å²) in [5, 5.41) is 21.9. The molecule has 3 rings (SSSR count). The molecule has 3 aromatic rings. The van der Waals surface area contributed by atoms with E-state index in [4.69, 9.17) is 0 Å².